The van der Waals surface area contributed by atoms with E-state index in [0.29, 0.717) is 51.1 Å². The Balaban J connectivity index is 1.90. The molecular weight excluding hydrogens is 895 g/mol. The van der Waals surface area contributed by atoms with Crippen molar-refractivity contribution >= 4 is 38.2 Å². The van der Waals surface area contributed by atoms with Crippen molar-refractivity contribution in [2.45, 2.75) is 247 Å². The number of amides is 1. The monoisotopic (exact) mass is 998 g/mol. The zero-order valence-corrected chi connectivity index (χ0v) is 46.9. The molecule has 0 saturated heterocycles. The Morgan fingerprint density at radius 3 is 0.736 bits per heavy atom. The maximum Gasteiger partial charge on any atom is 0.257 e. The normalized spacial score (nSPS) is 11.5. The first-order valence-corrected chi connectivity index (χ1v) is 30.1. The lowest BCUT2D eigenvalue weighted by molar-refractivity contribution is -0.123. The van der Waals surface area contributed by atoms with Gasteiger partial charge in [0.15, 0.2) is 41.1 Å². The maximum absolute atomic E-state index is 13.2. The number of rotatable bonds is 46. The van der Waals surface area contributed by atoms with Gasteiger partial charge < -0.3 is 33.7 Å². The molecule has 0 saturated carbocycles. The van der Waals surface area contributed by atoms with Crippen molar-refractivity contribution in [3.63, 3.8) is 0 Å². The van der Waals surface area contributed by atoms with Crippen LogP contribution < -0.4 is 33.7 Å². The Morgan fingerprint density at radius 2 is 0.500 bits per heavy atom. The number of nitrogens with one attached hydrogen (secondary N) is 1. The molecule has 0 unspecified atom stereocenters. The molecule has 0 fully saturated rings. The van der Waals surface area contributed by atoms with E-state index in [2.05, 4.69) is 83.3 Å². The molecule has 0 aromatic heterocycles. The summed E-state index contributed by atoms with van der Waals surface area (Å²) < 4.78 is 40.2. The largest absolute Gasteiger partial charge is 0.490 e. The van der Waals surface area contributed by atoms with Gasteiger partial charge in [-0.25, -0.2) is 0 Å². The summed E-state index contributed by atoms with van der Waals surface area (Å²) in [6.45, 7) is 17.1. The van der Waals surface area contributed by atoms with E-state index in [-0.39, 0.29) is 12.5 Å². The number of hydrogen-bond donors (Lipinski definition) is 1. The van der Waals surface area contributed by atoms with Gasteiger partial charge in [-0.2, -0.15) is 0 Å². The van der Waals surface area contributed by atoms with Gasteiger partial charge in [-0.3, -0.25) is 4.79 Å². The van der Waals surface area contributed by atoms with E-state index in [1.165, 1.54) is 128 Å². The van der Waals surface area contributed by atoms with E-state index in [4.69, 9.17) is 28.4 Å². The highest BCUT2D eigenvalue weighted by atomic mass is 16.5. The lowest BCUT2D eigenvalue weighted by atomic mass is 9.93. The molecule has 0 heterocycles. The van der Waals surface area contributed by atoms with E-state index in [1.54, 1.807) is 0 Å². The Hall–Kier alpha value is -4.07. The van der Waals surface area contributed by atoms with Gasteiger partial charge in [0.2, 0.25) is 0 Å². The third-order valence-corrected chi connectivity index (χ3v) is 14.1. The first-order chi connectivity index (χ1) is 35.5. The lowest BCUT2D eigenvalue weighted by Gasteiger charge is -2.21. The Morgan fingerprint density at radius 1 is 0.292 bits per heavy atom. The predicted molar refractivity (Wildman–Crippen MR) is 307 cm³/mol. The molecular formula is C64H103NO7. The highest BCUT2D eigenvalue weighted by Gasteiger charge is 2.21. The van der Waals surface area contributed by atoms with E-state index < -0.39 is 0 Å². The van der Waals surface area contributed by atoms with Crippen LogP contribution >= 0.6 is 0 Å². The van der Waals surface area contributed by atoms with Crippen molar-refractivity contribution in [2.24, 2.45) is 0 Å². The van der Waals surface area contributed by atoms with Crippen molar-refractivity contribution in [3.05, 3.63) is 36.4 Å². The second-order valence-electron chi connectivity index (χ2n) is 20.6. The molecule has 4 rings (SSSR count). The van der Waals surface area contributed by atoms with Gasteiger partial charge in [0, 0.05) is 6.54 Å². The van der Waals surface area contributed by atoms with Crippen LogP contribution in [-0.4, -0.2) is 52.1 Å². The summed E-state index contributed by atoms with van der Waals surface area (Å²) in [5, 5.41) is 9.28. The van der Waals surface area contributed by atoms with Crippen LogP contribution in [0, 0.1) is 0 Å². The van der Waals surface area contributed by atoms with Crippen LogP contribution in [0.4, 0.5) is 0 Å². The molecule has 0 aliphatic rings. The van der Waals surface area contributed by atoms with E-state index in [1.807, 2.05) is 0 Å². The van der Waals surface area contributed by atoms with E-state index in [0.717, 1.165) is 132 Å². The third-order valence-electron chi connectivity index (χ3n) is 14.1. The number of fused-ring (bicyclic) bond motifs is 6. The SMILES string of the molecule is CCCCCCCCOc1cc2c3cc(OCCCCCCCC)c(OCCCCCCCC)cc3c3cc(OCC(=O)NCCCC)c(OCCCCCCCC)cc3c2cc1OCCCCCCCC. The van der Waals surface area contributed by atoms with Crippen LogP contribution in [0.15, 0.2) is 36.4 Å². The number of carbonyl (C=O) groups is 1. The molecule has 0 aliphatic carbocycles. The minimum Gasteiger partial charge on any atom is -0.490 e. The highest BCUT2D eigenvalue weighted by molar-refractivity contribution is 6.26. The average molecular weight is 999 g/mol. The van der Waals surface area contributed by atoms with Gasteiger partial charge >= 0.3 is 0 Å². The molecule has 8 heteroatoms. The second-order valence-corrected chi connectivity index (χ2v) is 20.6. The van der Waals surface area contributed by atoms with Crippen LogP contribution in [0.25, 0.3) is 32.3 Å². The molecule has 0 atom stereocenters. The molecule has 1 N–H and O–H groups in total. The van der Waals surface area contributed by atoms with Crippen LogP contribution in [0.1, 0.15) is 247 Å². The molecule has 0 radical (unpaired) electrons. The first kappa shape index (κ1) is 60.5. The predicted octanol–water partition coefficient (Wildman–Crippen LogP) is 19.1. The highest BCUT2D eigenvalue weighted by Crippen LogP contribution is 2.47. The first-order valence-electron chi connectivity index (χ1n) is 30.1. The van der Waals surface area contributed by atoms with Crippen molar-refractivity contribution in [1.29, 1.82) is 0 Å². The van der Waals surface area contributed by atoms with Crippen molar-refractivity contribution < 1.29 is 33.2 Å². The summed E-state index contributed by atoms with van der Waals surface area (Å²) in [7, 11) is 0. The van der Waals surface area contributed by atoms with Crippen LogP contribution in [0.2, 0.25) is 0 Å². The van der Waals surface area contributed by atoms with Crippen LogP contribution in [0.5, 0.6) is 34.5 Å². The number of carbonyl (C=O) groups excluding carboxylic acids is 1. The fourth-order valence-corrected chi connectivity index (χ4v) is 9.62. The van der Waals surface area contributed by atoms with Crippen LogP contribution in [0.3, 0.4) is 0 Å². The van der Waals surface area contributed by atoms with E-state index >= 15 is 0 Å². The minimum atomic E-state index is -0.132. The summed E-state index contributed by atoms with van der Waals surface area (Å²) in [5.41, 5.74) is 0. The van der Waals surface area contributed by atoms with E-state index in [9.17, 15) is 4.79 Å². The number of unbranched alkanes of at least 4 members (excludes halogenated alkanes) is 26. The summed E-state index contributed by atoms with van der Waals surface area (Å²) >= 11 is 0. The smallest absolute Gasteiger partial charge is 0.257 e. The number of hydrogen-bond acceptors (Lipinski definition) is 7. The molecule has 4 aromatic carbocycles. The summed E-state index contributed by atoms with van der Waals surface area (Å²) in [4.78, 5) is 13.2. The van der Waals surface area contributed by atoms with Gasteiger partial charge in [-0.1, -0.05) is 208 Å². The van der Waals surface area contributed by atoms with Crippen molar-refractivity contribution in [2.75, 3.05) is 46.2 Å². The maximum atomic E-state index is 13.2. The van der Waals surface area contributed by atoms with Gasteiger partial charge in [-0.15, -0.1) is 0 Å². The average Bonchev–Trinajstić information content (AvgIpc) is 3.39. The van der Waals surface area contributed by atoms with Crippen LogP contribution in [-0.2, 0) is 4.79 Å². The number of benzene rings is 4. The molecule has 72 heavy (non-hydrogen) atoms. The summed E-state index contributed by atoms with van der Waals surface area (Å²) in [6.07, 6.45) is 37.6. The van der Waals surface area contributed by atoms with Crippen molar-refractivity contribution in [1.82, 2.24) is 5.32 Å². The standard InChI is InChI=1S/C64H103NO7/c1-7-13-19-24-29-34-40-67-58-45-52-53-46-59(68-41-35-30-25-20-14-8-2)61(70-43-37-32-27-22-16-10-4)48-55(53)57-50-63(72-51-64(66)65-39-18-12-6)62(71-44-38-33-28-23-17-11-5)49-56(57)54(52)47-60(58)69-42-36-31-26-21-15-9-3/h45-50H,7-44,51H2,1-6H3,(H,65,66). The fraction of sp³-hybridized carbons (Fsp3) is 0.703. The van der Waals surface area contributed by atoms with Gasteiger partial charge in [-0.05, 0) is 107 Å². The molecule has 0 spiro atoms. The number of ether oxygens (including phenoxy) is 6. The molecule has 406 valence electrons. The molecule has 4 aromatic rings. The second kappa shape index (κ2) is 38.5. The molecule has 1 amide bonds. The Kier molecular flexibility index (Phi) is 32.3. The fourth-order valence-electron chi connectivity index (χ4n) is 9.62. The lowest BCUT2D eigenvalue weighted by Crippen LogP contribution is -2.29. The summed E-state index contributed by atoms with van der Waals surface area (Å²) in [5.74, 6) is 4.19. The molecule has 0 aliphatic heterocycles. The minimum absolute atomic E-state index is 0.0904. The molecule has 0 bridgehead atoms. The topological polar surface area (TPSA) is 84.5 Å². The zero-order valence-electron chi connectivity index (χ0n) is 46.9. The zero-order chi connectivity index (χ0) is 51.3. The van der Waals surface area contributed by atoms with Gasteiger partial charge in [0.1, 0.15) is 0 Å². The summed E-state index contributed by atoms with van der Waals surface area (Å²) in [6, 6.07) is 13.1. The Bertz CT molecular complexity index is 1990. The van der Waals surface area contributed by atoms with Crippen molar-refractivity contribution in [3.8, 4) is 34.5 Å². The Labute approximate surface area is 439 Å². The van der Waals surface area contributed by atoms with Gasteiger partial charge in [0.25, 0.3) is 5.91 Å². The molecule has 8 nitrogen and oxygen atoms in total. The quantitative estimate of drug-likeness (QED) is 0.0349. The van der Waals surface area contributed by atoms with Gasteiger partial charge in [0.05, 0.1) is 33.0 Å². The third kappa shape index (κ3) is 22.6.